The second-order valence-electron chi connectivity index (χ2n) is 4.97. The van der Waals surface area contributed by atoms with Crippen molar-refractivity contribution in [3.8, 4) is 11.5 Å². The Morgan fingerprint density at radius 3 is 2.74 bits per heavy atom. The van der Waals surface area contributed by atoms with Crippen molar-refractivity contribution in [2.24, 2.45) is 0 Å². The number of nitrogens with one attached hydrogen (secondary N) is 1. The highest BCUT2D eigenvalue weighted by atomic mass is 35.5. The van der Waals surface area contributed by atoms with Gasteiger partial charge in [0.1, 0.15) is 5.52 Å². The van der Waals surface area contributed by atoms with Gasteiger partial charge in [-0.2, -0.15) is 0 Å². The van der Waals surface area contributed by atoms with E-state index in [4.69, 9.17) is 16.0 Å². The fourth-order valence-electron chi connectivity index (χ4n) is 2.36. The molecule has 2 aromatic carbocycles. The second kappa shape index (κ2) is 6.02. The van der Waals surface area contributed by atoms with Crippen LogP contribution >= 0.6 is 22.9 Å². The van der Waals surface area contributed by atoms with Crippen LogP contribution in [0.4, 0.5) is 5.69 Å². The molecular weight excluding hydrogens is 330 g/mol. The molecular formula is C17H12ClN3OS. The molecule has 1 N–H and O–H groups in total. The van der Waals surface area contributed by atoms with Crippen LogP contribution in [0.3, 0.4) is 0 Å². The van der Waals surface area contributed by atoms with Crippen LogP contribution in [0.15, 0.2) is 59.1 Å². The predicted molar refractivity (Wildman–Crippen MR) is 93.9 cm³/mol. The molecule has 0 aliphatic rings. The summed E-state index contributed by atoms with van der Waals surface area (Å²) in [5.41, 5.74) is 3.53. The predicted octanol–water partition coefficient (Wildman–Crippen LogP) is 5.22. The normalized spacial score (nSPS) is 11.0. The Kier molecular flexibility index (Phi) is 3.73. The van der Waals surface area contributed by atoms with Crippen molar-refractivity contribution in [3.05, 3.63) is 64.1 Å². The zero-order chi connectivity index (χ0) is 15.6. The highest BCUT2D eigenvalue weighted by Crippen LogP contribution is 2.30. The summed E-state index contributed by atoms with van der Waals surface area (Å²) in [4.78, 5) is 9.69. The first-order valence-electron chi connectivity index (χ1n) is 7.08. The number of rotatable bonds is 4. The summed E-state index contributed by atoms with van der Waals surface area (Å²) in [5, 5.41) is 3.40. The molecule has 0 aliphatic heterocycles. The summed E-state index contributed by atoms with van der Waals surface area (Å²) in [6.45, 7) is 0.654. The highest BCUT2D eigenvalue weighted by molar-refractivity contribution is 7.15. The maximum absolute atomic E-state index is 5.87. The van der Waals surface area contributed by atoms with E-state index in [1.807, 2.05) is 48.5 Å². The van der Waals surface area contributed by atoms with Crippen LogP contribution in [0.25, 0.3) is 22.6 Å². The van der Waals surface area contributed by atoms with Gasteiger partial charge in [0, 0.05) is 16.8 Å². The van der Waals surface area contributed by atoms with Crippen molar-refractivity contribution < 1.29 is 4.42 Å². The van der Waals surface area contributed by atoms with Gasteiger partial charge in [0.05, 0.1) is 12.1 Å². The van der Waals surface area contributed by atoms with Gasteiger partial charge in [0.15, 0.2) is 10.0 Å². The molecule has 0 spiro atoms. The van der Waals surface area contributed by atoms with Crippen molar-refractivity contribution in [3.63, 3.8) is 0 Å². The molecule has 6 heteroatoms. The van der Waals surface area contributed by atoms with Crippen LogP contribution in [0.5, 0.6) is 0 Å². The molecule has 4 rings (SSSR count). The lowest BCUT2D eigenvalue weighted by Crippen LogP contribution is -1.99. The van der Waals surface area contributed by atoms with E-state index in [1.54, 1.807) is 6.20 Å². The number of hydrogen-bond donors (Lipinski definition) is 1. The Hall–Kier alpha value is -2.37. The maximum atomic E-state index is 5.87. The van der Waals surface area contributed by atoms with Gasteiger partial charge in [-0.3, -0.25) is 0 Å². The monoisotopic (exact) mass is 341 g/mol. The van der Waals surface area contributed by atoms with E-state index < -0.39 is 0 Å². The molecule has 0 unspecified atom stereocenters. The first-order chi connectivity index (χ1) is 11.3. The molecule has 0 aliphatic carbocycles. The molecule has 0 fully saturated rings. The third kappa shape index (κ3) is 2.93. The van der Waals surface area contributed by atoms with Crippen molar-refractivity contribution >= 4 is 39.7 Å². The van der Waals surface area contributed by atoms with E-state index in [-0.39, 0.29) is 0 Å². The smallest absolute Gasteiger partial charge is 0.229 e. The number of oxazole rings is 1. The van der Waals surface area contributed by atoms with Gasteiger partial charge >= 0.3 is 0 Å². The largest absolute Gasteiger partial charge is 0.436 e. The standard InChI is InChI=1S/C17H12ClN3OS/c18-17-20-10-11(23-17)9-19-13-6-2-1-5-12(13)16-21-14-7-3-4-8-15(14)22-16/h1-8,10,19H,9H2. The van der Waals surface area contributed by atoms with Crippen LogP contribution in [-0.4, -0.2) is 9.97 Å². The molecule has 0 bridgehead atoms. The van der Waals surface area contributed by atoms with Crippen LogP contribution in [-0.2, 0) is 6.54 Å². The van der Waals surface area contributed by atoms with Crippen molar-refractivity contribution in [1.29, 1.82) is 0 Å². The zero-order valence-electron chi connectivity index (χ0n) is 12.0. The number of fused-ring (bicyclic) bond motifs is 1. The fraction of sp³-hybridized carbons (Fsp3) is 0.0588. The summed E-state index contributed by atoms with van der Waals surface area (Å²) in [6.07, 6.45) is 1.78. The van der Waals surface area contributed by atoms with Gasteiger partial charge in [-0.1, -0.05) is 35.9 Å². The molecule has 4 nitrogen and oxygen atoms in total. The Labute approximate surface area is 141 Å². The zero-order valence-corrected chi connectivity index (χ0v) is 13.6. The molecule has 0 atom stereocenters. The number of hydrogen-bond acceptors (Lipinski definition) is 5. The fourth-order valence-corrected chi connectivity index (χ4v) is 3.28. The number of thiazole rings is 1. The van der Waals surface area contributed by atoms with E-state index in [0.717, 1.165) is 27.2 Å². The van der Waals surface area contributed by atoms with Gasteiger partial charge < -0.3 is 9.73 Å². The molecule has 114 valence electrons. The van der Waals surface area contributed by atoms with Crippen LogP contribution in [0.1, 0.15) is 4.88 Å². The van der Waals surface area contributed by atoms with Crippen LogP contribution in [0, 0.1) is 0 Å². The van der Waals surface area contributed by atoms with Crippen molar-refractivity contribution in [1.82, 2.24) is 9.97 Å². The molecule has 23 heavy (non-hydrogen) atoms. The molecule has 4 aromatic rings. The van der Waals surface area contributed by atoms with Crippen LogP contribution < -0.4 is 5.32 Å². The van der Waals surface area contributed by atoms with E-state index in [2.05, 4.69) is 15.3 Å². The number of halogens is 1. The van der Waals surface area contributed by atoms with E-state index in [0.29, 0.717) is 16.9 Å². The summed E-state index contributed by atoms with van der Waals surface area (Å²) >= 11 is 7.33. The average molecular weight is 342 g/mol. The van der Waals surface area contributed by atoms with E-state index in [1.165, 1.54) is 11.3 Å². The number of benzene rings is 2. The Balaban J connectivity index is 1.66. The van der Waals surface area contributed by atoms with Gasteiger partial charge in [-0.15, -0.1) is 11.3 Å². The number of nitrogens with zero attached hydrogens (tertiary/aromatic N) is 2. The van der Waals surface area contributed by atoms with E-state index in [9.17, 15) is 0 Å². The van der Waals surface area contributed by atoms with Gasteiger partial charge in [0.25, 0.3) is 0 Å². The Morgan fingerprint density at radius 2 is 1.91 bits per heavy atom. The lowest BCUT2D eigenvalue weighted by molar-refractivity contribution is 0.620. The van der Waals surface area contributed by atoms with Gasteiger partial charge in [-0.05, 0) is 24.3 Å². The average Bonchev–Trinajstić information content (AvgIpc) is 3.19. The van der Waals surface area contributed by atoms with Crippen molar-refractivity contribution in [2.45, 2.75) is 6.54 Å². The molecule has 0 radical (unpaired) electrons. The van der Waals surface area contributed by atoms with E-state index >= 15 is 0 Å². The summed E-state index contributed by atoms with van der Waals surface area (Å²) in [6, 6.07) is 15.7. The summed E-state index contributed by atoms with van der Waals surface area (Å²) in [7, 11) is 0. The minimum atomic E-state index is 0.550. The van der Waals surface area contributed by atoms with Gasteiger partial charge in [0.2, 0.25) is 5.89 Å². The lowest BCUT2D eigenvalue weighted by atomic mass is 10.1. The SMILES string of the molecule is Clc1ncc(CNc2ccccc2-c2nc3ccccc3o2)s1. The van der Waals surface area contributed by atoms with Crippen molar-refractivity contribution in [2.75, 3.05) is 5.32 Å². The molecule has 2 aromatic heterocycles. The van der Waals surface area contributed by atoms with Crippen LogP contribution in [0.2, 0.25) is 4.47 Å². The quantitative estimate of drug-likeness (QED) is 0.553. The number of anilines is 1. The molecule has 0 saturated carbocycles. The third-order valence-electron chi connectivity index (χ3n) is 3.43. The minimum Gasteiger partial charge on any atom is -0.436 e. The molecule has 0 amide bonds. The lowest BCUT2D eigenvalue weighted by Gasteiger charge is -2.08. The Morgan fingerprint density at radius 1 is 1.09 bits per heavy atom. The maximum Gasteiger partial charge on any atom is 0.229 e. The first kappa shape index (κ1) is 14.2. The number of para-hydroxylation sites is 3. The summed E-state index contributed by atoms with van der Waals surface area (Å²) < 4.78 is 6.42. The summed E-state index contributed by atoms with van der Waals surface area (Å²) in [5.74, 6) is 0.608. The first-order valence-corrected chi connectivity index (χ1v) is 8.28. The highest BCUT2D eigenvalue weighted by Gasteiger charge is 2.12. The molecule has 0 saturated heterocycles. The topological polar surface area (TPSA) is 51.0 Å². The second-order valence-corrected chi connectivity index (χ2v) is 6.66. The molecule has 2 heterocycles. The minimum absolute atomic E-state index is 0.550. The Bertz CT molecular complexity index is 930. The third-order valence-corrected chi connectivity index (χ3v) is 4.54. The van der Waals surface area contributed by atoms with Gasteiger partial charge in [-0.25, -0.2) is 9.97 Å². The number of aromatic nitrogens is 2.